The van der Waals surface area contributed by atoms with Gasteiger partial charge >= 0.3 is 0 Å². The summed E-state index contributed by atoms with van der Waals surface area (Å²) in [6, 6.07) is 12.2. The van der Waals surface area contributed by atoms with Crippen molar-refractivity contribution in [3.8, 4) is 5.95 Å². The third-order valence-electron chi connectivity index (χ3n) is 4.13. The summed E-state index contributed by atoms with van der Waals surface area (Å²) in [5, 5.41) is 1.12. The van der Waals surface area contributed by atoms with Crippen molar-refractivity contribution in [3.05, 3.63) is 60.6 Å². The zero-order chi connectivity index (χ0) is 16.0. The van der Waals surface area contributed by atoms with Crippen molar-refractivity contribution in [2.24, 2.45) is 0 Å². The van der Waals surface area contributed by atoms with Crippen molar-refractivity contribution in [2.75, 3.05) is 0 Å². The Morgan fingerprint density at radius 3 is 2.26 bits per heavy atom. The first-order valence-electron chi connectivity index (χ1n) is 7.73. The van der Waals surface area contributed by atoms with Crippen LogP contribution in [0.4, 0.5) is 0 Å². The van der Waals surface area contributed by atoms with Crippen LogP contribution in [0.5, 0.6) is 0 Å². The summed E-state index contributed by atoms with van der Waals surface area (Å²) < 4.78 is 2.07. The van der Waals surface area contributed by atoms with E-state index in [1.165, 1.54) is 0 Å². The predicted octanol–water partition coefficient (Wildman–Crippen LogP) is 4.27. The van der Waals surface area contributed by atoms with Crippen LogP contribution in [0, 0.1) is 0 Å². The van der Waals surface area contributed by atoms with Crippen molar-refractivity contribution in [3.63, 3.8) is 0 Å². The van der Waals surface area contributed by atoms with Crippen molar-refractivity contribution < 1.29 is 0 Å². The van der Waals surface area contributed by atoms with Crippen LogP contribution in [0.3, 0.4) is 0 Å². The first kappa shape index (κ1) is 13.9. The molecule has 0 amide bonds. The summed E-state index contributed by atoms with van der Waals surface area (Å²) in [6.45, 7) is 6.49. The van der Waals surface area contributed by atoms with Crippen LogP contribution in [0.15, 0.2) is 55.0 Å². The highest BCUT2D eigenvalue weighted by molar-refractivity contribution is 6.06. The average molecular weight is 302 g/mol. The van der Waals surface area contributed by atoms with Crippen LogP contribution >= 0.6 is 0 Å². The molecule has 0 aliphatic carbocycles. The second-order valence-electron chi connectivity index (χ2n) is 6.75. The zero-order valence-corrected chi connectivity index (χ0v) is 13.5. The van der Waals surface area contributed by atoms with Crippen LogP contribution in [0.25, 0.3) is 27.9 Å². The molecule has 0 unspecified atom stereocenters. The Morgan fingerprint density at radius 2 is 1.52 bits per heavy atom. The van der Waals surface area contributed by atoms with Crippen molar-refractivity contribution in [2.45, 2.75) is 26.2 Å². The van der Waals surface area contributed by atoms with Gasteiger partial charge in [-0.05, 0) is 29.2 Å². The molecular weight excluding hydrogens is 284 g/mol. The van der Waals surface area contributed by atoms with Crippen molar-refractivity contribution >= 4 is 21.9 Å². The molecule has 1 aromatic carbocycles. The molecule has 0 spiro atoms. The monoisotopic (exact) mass is 302 g/mol. The molecule has 4 nitrogen and oxygen atoms in total. The Hall–Kier alpha value is -2.75. The Morgan fingerprint density at radius 1 is 0.826 bits per heavy atom. The number of fused-ring (bicyclic) bond motifs is 3. The van der Waals surface area contributed by atoms with Gasteiger partial charge in [-0.25, -0.2) is 9.97 Å². The minimum Gasteiger partial charge on any atom is -0.276 e. The van der Waals surface area contributed by atoms with E-state index in [4.69, 9.17) is 0 Å². The fraction of sp³-hybridized carbons (Fsp3) is 0.211. The molecule has 4 heteroatoms. The maximum Gasteiger partial charge on any atom is 0.234 e. The summed E-state index contributed by atoms with van der Waals surface area (Å²) in [5.41, 5.74) is 4.25. The van der Waals surface area contributed by atoms with Gasteiger partial charge in [0, 0.05) is 24.0 Å². The molecule has 0 saturated heterocycles. The van der Waals surface area contributed by atoms with Gasteiger partial charge in [-0.15, -0.1) is 0 Å². The summed E-state index contributed by atoms with van der Waals surface area (Å²) in [5.74, 6) is 0.678. The van der Waals surface area contributed by atoms with Crippen LogP contribution < -0.4 is 0 Å². The molecular formula is C19H18N4. The van der Waals surface area contributed by atoms with E-state index in [9.17, 15) is 0 Å². The lowest BCUT2D eigenvalue weighted by molar-refractivity contribution is 0.583. The van der Waals surface area contributed by atoms with Gasteiger partial charge in [-0.2, -0.15) is 0 Å². The van der Waals surface area contributed by atoms with E-state index in [2.05, 4.69) is 58.5 Å². The smallest absolute Gasteiger partial charge is 0.234 e. The second-order valence-corrected chi connectivity index (χ2v) is 6.75. The van der Waals surface area contributed by atoms with Gasteiger partial charge in [0.2, 0.25) is 5.95 Å². The number of benzene rings is 1. The summed E-state index contributed by atoms with van der Waals surface area (Å²) in [7, 11) is 0. The van der Waals surface area contributed by atoms with E-state index in [1.807, 2.05) is 36.8 Å². The van der Waals surface area contributed by atoms with Crippen LogP contribution in [-0.2, 0) is 5.41 Å². The maximum atomic E-state index is 4.61. The first-order valence-corrected chi connectivity index (χ1v) is 7.73. The summed E-state index contributed by atoms with van der Waals surface area (Å²) >= 11 is 0. The number of pyridine rings is 1. The fourth-order valence-corrected chi connectivity index (χ4v) is 2.82. The lowest BCUT2D eigenvalue weighted by Gasteiger charge is -2.18. The molecule has 0 bridgehead atoms. The Kier molecular flexibility index (Phi) is 2.94. The van der Waals surface area contributed by atoms with Gasteiger partial charge in [0.1, 0.15) is 0 Å². The van der Waals surface area contributed by atoms with E-state index < -0.39 is 0 Å². The third kappa shape index (κ3) is 2.18. The number of aromatic nitrogens is 4. The minimum absolute atomic E-state index is 0.0426. The third-order valence-corrected chi connectivity index (χ3v) is 4.13. The van der Waals surface area contributed by atoms with Crippen LogP contribution in [0.1, 0.15) is 26.3 Å². The Balaban J connectivity index is 2.01. The lowest BCUT2D eigenvalue weighted by atomic mass is 9.89. The molecule has 23 heavy (non-hydrogen) atoms. The average Bonchev–Trinajstić information content (AvgIpc) is 2.89. The van der Waals surface area contributed by atoms with Gasteiger partial charge in [0.25, 0.3) is 0 Å². The van der Waals surface area contributed by atoms with E-state index in [0.717, 1.165) is 27.5 Å². The molecule has 0 N–H and O–H groups in total. The van der Waals surface area contributed by atoms with Crippen LogP contribution in [0.2, 0.25) is 0 Å². The van der Waals surface area contributed by atoms with Crippen LogP contribution in [-0.4, -0.2) is 19.5 Å². The number of hydrogen-bond donors (Lipinski definition) is 0. The van der Waals surface area contributed by atoms with Gasteiger partial charge < -0.3 is 0 Å². The largest absolute Gasteiger partial charge is 0.276 e. The molecule has 4 aromatic rings. The quantitative estimate of drug-likeness (QED) is 0.527. The van der Waals surface area contributed by atoms with Gasteiger partial charge in [0.15, 0.2) is 0 Å². The fourth-order valence-electron chi connectivity index (χ4n) is 2.82. The van der Waals surface area contributed by atoms with Crippen molar-refractivity contribution in [1.82, 2.24) is 19.5 Å². The molecule has 0 saturated carbocycles. The maximum absolute atomic E-state index is 4.61. The topological polar surface area (TPSA) is 43.6 Å². The SMILES string of the molecule is CC(C)(C)c1cnc(-n2c3ccccc3c3ncccc32)nc1. The molecule has 3 aromatic heterocycles. The Bertz CT molecular complexity index is 938. The van der Waals surface area contributed by atoms with E-state index in [0.29, 0.717) is 5.95 Å². The number of nitrogens with zero attached hydrogens (tertiary/aromatic N) is 4. The second kappa shape index (κ2) is 4.88. The number of rotatable bonds is 1. The molecule has 0 atom stereocenters. The van der Waals surface area contributed by atoms with Gasteiger partial charge in [-0.3, -0.25) is 9.55 Å². The number of para-hydroxylation sites is 1. The van der Waals surface area contributed by atoms with Crippen molar-refractivity contribution in [1.29, 1.82) is 0 Å². The molecule has 0 aliphatic rings. The molecule has 4 rings (SSSR count). The molecule has 0 fully saturated rings. The minimum atomic E-state index is 0.0426. The molecule has 0 aliphatic heterocycles. The van der Waals surface area contributed by atoms with Gasteiger partial charge in [-0.1, -0.05) is 39.0 Å². The standard InChI is InChI=1S/C19H18N4/c1-19(2,3)13-11-21-18(22-12-13)23-15-8-5-4-7-14(15)17-16(23)9-6-10-20-17/h4-12H,1-3H3. The lowest BCUT2D eigenvalue weighted by Crippen LogP contribution is -2.13. The summed E-state index contributed by atoms with van der Waals surface area (Å²) in [6.07, 6.45) is 5.65. The number of hydrogen-bond acceptors (Lipinski definition) is 3. The Labute approximate surface area is 134 Å². The normalized spacial score (nSPS) is 12.1. The van der Waals surface area contributed by atoms with E-state index in [1.54, 1.807) is 0 Å². The van der Waals surface area contributed by atoms with E-state index in [-0.39, 0.29) is 5.41 Å². The summed E-state index contributed by atoms with van der Waals surface area (Å²) in [4.78, 5) is 13.8. The highest BCUT2D eigenvalue weighted by atomic mass is 15.2. The molecule has 114 valence electrons. The first-order chi connectivity index (χ1) is 11.1. The van der Waals surface area contributed by atoms with E-state index >= 15 is 0 Å². The zero-order valence-electron chi connectivity index (χ0n) is 13.5. The molecule has 3 heterocycles. The van der Waals surface area contributed by atoms with Gasteiger partial charge in [0.05, 0.1) is 16.6 Å². The molecule has 0 radical (unpaired) electrons. The highest BCUT2D eigenvalue weighted by Crippen LogP contribution is 2.29. The predicted molar refractivity (Wildman–Crippen MR) is 92.9 cm³/mol. The highest BCUT2D eigenvalue weighted by Gasteiger charge is 2.17.